The number of rotatable bonds is 6. The molecule has 4 rings (SSSR count). The highest BCUT2D eigenvalue weighted by molar-refractivity contribution is 5.99. The summed E-state index contributed by atoms with van der Waals surface area (Å²) in [6, 6.07) is 3.91. The number of nitrogens with zero attached hydrogens (tertiary/aromatic N) is 5. The van der Waals surface area contributed by atoms with E-state index in [-0.39, 0.29) is 22.8 Å². The van der Waals surface area contributed by atoms with Crippen molar-refractivity contribution < 1.29 is 32.9 Å². The number of nitrogens with one attached hydrogen (secondary N) is 1. The number of carbonyl (C=O) groups is 3. The lowest BCUT2D eigenvalue weighted by Crippen LogP contribution is -2.38. The highest BCUT2D eigenvalue weighted by Crippen LogP contribution is 2.25. The standard InChI is InChI=1S/C24H28N6O7/c1-14-20(15(2)36-27-14)21-26-19(28-37-21)13-29-6-5-7-30(9-8-29)24(33)25-18-11-16(22(31)34-3)10-17(12-18)23(32)35-4/h10-12H,5-9,13H2,1-4H3,(H,25,33). The number of hydrogen-bond donors (Lipinski definition) is 1. The third-order valence-electron chi connectivity index (χ3n) is 5.98. The van der Waals surface area contributed by atoms with E-state index < -0.39 is 11.9 Å². The van der Waals surface area contributed by atoms with Gasteiger partial charge < -0.3 is 28.7 Å². The van der Waals surface area contributed by atoms with Crippen LogP contribution in [0.5, 0.6) is 0 Å². The van der Waals surface area contributed by atoms with Crippen LogP contribution in [-0.2, 0) is 16.0 Å². The van der Waals surface area contributed by atoms with Crippen LogP contribution in [0, 0.1) is 13.8 Å². The number of anilines is 1. The van der Waals surface area contributed by atoms with Crippen LogP contribution >= 0.6 is 0 Å². The number of ether oxygens (including phenoxy) is 2. The Morgan fingerprint density at radius 2 is 1.65 bits per heavy atom. The Hall–Kier alpha value is -4.26. The van der Waals surface area contributed by atoms with Crippen molar-refractivity contribution >= 4 is 23.7 Å². The third-order valence-corrected chi connectivity index (χ3v) is 5.98. The first-order valence-electron chi connectivity index (χ1n) is 11.6. The molecule has 0 aliphatic carbocycles. The maximum atomic E-state index is 13.0. The van der Waals surface area contributed by atoms with Crippen LogP contribution in [0.25, 0.3) is 11.5 Å². The van der Waals surface area contributed by atoms with Gasteiger partial charge in [0.25, 0.3) is 5.89 Å². The monoisotopic (exact) mass is 512 g/mol. The lowest BCUT2D eigenvalue weighted by molar-refractivity contribution is 0.0599. The van der Waals surface area contributed by atoms with E-state index in [0.29, 0.717) is 54.9 Å². The number of hydrogen-bond acceptors (Lipinski definition) is 11. The Bertz CT molecular complexity index is 1250. The summed E-state index contributed by atoms with van der Waals surface area (Å²) in [5, 5.41) is 10.8. The molecule has 1 N–H and O–H groups in total. The van der Waals surface area contributed by atoms with Gasteiger partial charge in [0.15, 0.2) is 5.82 Å². The quantitative estimate of drug-likeness (QED) is 0.485. The number of methoxy groups -OCH3 is 2. The minimum Gasteiger partial charge on any atom is -0.465 e. The summed E-state index contributed by atoms with van der Waals surface area (Å²) < 4.78 is 20.1. The Kier molecular flexibility index (Phi) is 7.82. The maximum Gasteiger partial charge on any atom is 0.337 e. The lowest BCUT2D eigenvalue weighted by Gasteiger charge is -2.22. The van der Waals surface area contributed by atoms with E-state index >= 15 is 0 Å². The minimum atomic E-state index is -0.634. The molecule has 0 atom stereocenters. The molecule has 1 aliphatic heterocycles. The predicted octanol–water partition coefficient (Wildman–Crippen LogP) is 2.65. The fraction of sp³-hybridized carbons (Fsp3) is 0.417. The van der Waals surface area contributed by atoms with Gasteiger partial charge in [-0.1, -0.05) is 10.3 Å². The zero-order valence-corrected chi connectivity index (χ0v) is 21.1. The number of carbonyl (C=O) groups excluding carboxylic acids is 3. The molecule has 0 spiro atoms. The van der Waals surface area contributed by atoms with Gasteiger partial charge in [0.05, 0.1) is 37.6 Å². The average molecular weight is 513 g/mol. The number of aryl methyl sites for hydroxylation is 2. The van der Waals surface area contributed by atoms with E-state index in [4.69, 9.17) is 18.5 Å². The highest BCUT2D eigenvalue weighted by Gasteiger charge is 2.23. The summed E-state index contributed by atoms with van der Waals surface area (Å²) in [6.07, 6.45) is 0.734. The summed E-state index contributed by atoms with van der Waals surface area (Å²) in [7, 11) is 2.47. The molecule has 1 saturated heterocycles. The molecule has 2 aromatic heterocycles. The smallest absolute Gasteiger partial charge is 0.337 e. The molecule has 3 aromatic rings. The number of amides is 2. The molecule has 1 aromatic carbocycles. The fourth-order valence-electron chi connectivity index (χ4n) is 4.11. The largest absolute Gasteiger partial charge is 0.465 e. The van der Waals surface area contributed by atoms with Gasteiger partial charge >= 0.3 is 18.0 Å². The maximum absolute atomic E-state index is 13.0. The Labute approximate surface area is 212 Å². The number of benzene rings is 1. The second kappa shape index (κ2) is 11.2. The van der Waals surface area contributed by atoms with Crippen LogP contribution in [0.2, 0.25) is 0 Å². The lowest BCUT2D eigenvalue weighted by atomic mass is 10.1. The van der Waals surface area contributed by atoms with Crippen LogP contribution < -0.4 is 5.32 Å². The SMILES string of the molecule is COC(=O)c1cc(NC(=O)N2CCCN(Cc3noc(-c4c(C)noc4C)n3)CC2)cc(C(=O)OC)c1. The second-order valence-electron chi connectivity index (χ2n) is 8.54. The van der Waals surface area contributed by atoms with Gasteiger partial charge in [-0.15, -0.1) is 0 Å². The molecule has 13 heteroatoms. The summed E-state index contributed by atoms with van der Waals surface area (Å²) in [5.74, 6) is 0.238. The normalized spacial score (nSPS) is 14.2. The predicted molar refractivity (Wildman–Crippen MR) is 129 cm³/mol. The summed E-state index contributed by atoms with van der Waals surface area (Å²) in [5.41, 5.74) is 1.91. The second-order valence-corrected chi connectivity index (χ2v) is 8.54. The molecule has 3 heterocycles. The van der Waals surface area contributed by atoms with Gasteiger partial charge in [-0.3, -0.25) is 4.90 Å². The van der Waals surface area contributed by atoms with Gasteiger partial charge in [0.2, 0.25) is 0 Å². The molecule has 0 unspecified atom stereocenters. The summed E-state index contributed by atoms with van der Waals surface area (Å²) in [6.45, 7) is 6.38. The first kappa shape index (κ1) is 25.8. The Balaban J connectivity index is 1.39. The molecular formula is C24H28N6O7. The van der Waals surface area contributed by atoms with Crippen LogP contribution in [0.15, 0.2) is 27.2 Å². The minimum absolute atomic E-state index is 0.124. The highest BCUT2D eigenvalue weighted by atomic mass is 16.5. The molecule has 1 fully saturated rings. The van der Waals surface area contributed by atoms with Gasteiger partial charge in [-0.05, 0) is 38.5 Å². The molecule has 13 nitrogen and oxygen atoms in total. The van der Waals surface area contributed by atoms with Crippen molar-refractivity contribution in [1.82, 2.24) is 25.1 Å². The molecule has 0 saturated carbocycles. The molecular weight excluding hydrogens is 484 g/mol. The van der Waals surface area contributed by atoms with Crippen LogP contribution in [0.1, 0.15) is 44.4 Å². The average Bonchev–Trinajstić information content (AvgIpc) is 3.39. The van der Waals surface area contributed by atoms with E-state index in [1.807, 2.05) is 6.92 Å². The first-order chi connectivity index (χ1) is 17.8. The van der Waals surface area contributed by atoms with Crippen molar-refractivity contribution in [3.63, 3.8) is 0 Å². The van der Waals surface area contributed by atoms with Gasteiger partial charge in [0.1, 0.15) is 11.3 Å². The third kappa shape index (κ3) is 5.94. The fourth-order valence-corrected chi connectivity index (χ4v) is 4.11. The zero-order valence-electron chi connectivity index (χ0n) is 21.1. The Morgan fingerprint density at radius 3 is 2.27 bits per heavy atom. The summed E-state index contributed by atoms with van der Waals surface area (Å²) >= 11 is 0. The van der Waals surface area contributed by atoms with E-state index in [1.54, 1.807) is 11.8 Å². The van der Waals surface area contributed by atoms with Crippen molar-refractivity contribution in [2.24, 2.45) is 0 Å². The van der Waals surface area contributed by atoms with E-state index in [0.717, 1.165) is 13.0 Å². The first-order valence-corrected chi connectivity index (χ1v) is 11.6. The number of aromatic nitrogens is 3. The molecule has 0 bridgehead atoms. The molecule has 196 valence electrons. The molecule has 37 heavy (non-hydrogen) atoms. The topological polar surface area (TPSA) is 153 Å². The molecule has 0 radical (unpaired) electrons. The number of esters is 2. The summed E-state index contributed by atoms with van der Waals surface area (Å²) in [4.78, 5) is 45.3. The zero-order chi connectivity index (χ0) is 26.5. The van der Waals surface area contributed by atoms with Crippen molar-refractivity contribution in [3.8, 4) is 11.5 Å². The molecule has 1 aliphatic rings. The van der Waals surface area contributed by atoms with E-state index in [1.165, 1.54) is 32.4 Å². The van der Waals surface area contributed by atoms with E-state index in [2.05, 4.69) is 25.5 Å². The van der Waals surface area contributed by atoms with Crippen LogP contribution in [0.3, 0.4) is 0 Å². The number of urea groups is 1. The van der Waals surface area contributed by atoms with Crippen LogP contribution in [-0.4, -0.2) is 83.5 Å². The van der Waals surface area contributed by atoms with Crippen molar-refractivity contribution in [1.29, 1.82) is 0 Å². The van der Waals surface area contributed by atoms with E-state index in [9.17, 15) is 14.4 Å². The van der Waals surface area contributed by atoms with Crippen molar-refractivity contribution in [2.45, 2.75) is 26.8 Å². The van der Waals surface area contributed by atoms with Gasteiger partial charge in [-0.25, -0.2) is 14.4 Å². The molecule has 2 amide bonds. The Morgan fingerprint density at radius 1 is 0.946 bits per heavy atom. The van der Waals surface area contributed by atoms with Crippen molar-refractivity contribution in [3.05, 3.63) is 46.6 Å². The van der Waals surface area contributed by atoms with Gasteiger partial charge in [-0.2, -0.15) is 4.98 Å². The van der Waals surface area contributed by atoms with Crippen LogP contribution in [0.4, 0.5) is 10.5 Å². The van der Waals surface area contributed by atoms with Crippen molar-refractivity contribution in [2.75, 3.05) is 45.7 Å². The van der Waals surface area contributed by atoms with Gasteiger partial charge in [0, 0.05) is 31.9 Å².